The molecular weight excluding hydrogens is 264 g/mol. The lowest BCUT2D eigenvalue weighted by Crippen LogP contribution is -2.32. The molecule has 0 N–H and O–H groups in total. The lowest BCUT2D eigenvalue weighted by Gasteiger charge is -2.29. The minimum atomic E-state index is -0.333. The first-order valence-corrected chi connectivity index (χ1v) is 7.48. The highest BCUT2D eigenvalue weighted by molar-refractivity contribution is 5.86. The van der Waals surface area contributed by atoms with Crippen molar-refractivity contribution < 1.29 is 14.3 Å². The minimum Gasteiger partial charge on any atom is -0.468 e. The lowest BCUT2D eigenvalue weighted by molar-refractivity contribution is -0.147. The summed E-state index contributed by atoms with van der Waals surface area (Å²) in [4.78, 5) is 12.2. The van der Waals surface area contributed by atoms with Gasteiger partial charge in [0, 0.05) is 6.61 Å². The molecule has 3 nitrogen and oxygen atoms in total. The van der Waals surface area contributed by atoms with Crippen LogP contribution >= 0.6 is 0 Å². The number of carbonyl (C=O) groups excluding carboxylic acids is 1. The molecule has 0 spiro atoms. The predicted molar refractivity (Wildman–Crippen MR) is 82.3 cm³/mol. The van der Waals surface area contributed by atoms with Gasteiger partial charge in [0.15, 0.2) is 0 Å². The Morgan fingerprint density at radius 1 is 1.19 bits per heavy atom. The predicted octanol–water partition coefficient (Wildman–Crippen LogP) is 3.67. The van der Waals surface area contributed by atoms with Gasteiger partial charge in [-0.3, -0.25) is 4.79 Å². The van der Waals surface area contributed by atoms with Crippen LogP contribution in [0.4, 0.5) is 0 Å². The second kappa shape index (κ2) is 6.27. The van der Waals surface area contributed by atoms with E-state index in [1.807, 2.05) is 18.2 Å². The van der Waals surface area contributed by atoms with Crippen LogP contribution in [0.1, 0.15) is 30.7 Å². The first kappa shape index (κ1) is 14.1. The number of esters is 1. The number of ether oxygens (including phenoxy) is 2. The molecule has 3 rings (SSSR count). The second-order valence-corrected chi connectivity index (χ2v) is 5.51. The quantitative estimate of drug-likeness (QED) is 0.807. The molecule has 1 aliphatic rings. The van der Waals surface area contributed by atoms with Gasteiger partial charge in [0.25, 0.3) is 0 Å². The van der Waals surface area contributed by atoms with Crippen LogP contribution in [0.3, 0.4) is 0 Å². The zero-order chi connectivity index (χ0) is 14.7. The van der Waals surface area contributed by atoms with Crippen LogP contribution in [0.15, 0.2) is 42.5 Å². The Morgan fingerprint density at radius 2 is 2.00 bits per heavy atom. The van der Waals surface area contributed by atoms with Gasteiger partial charge in [-0.1, -0.05) is 42.5 Å². The molecule has 0 radical (unpaired) electrons. The van der Waals surface area contributed by atoms with Crippen LogP contribution in [-0.2, 0) is 14.3 Å². The molecule has 2 atom stereocenters. The van der Waals surface area contributed by atoms with E-state index in [1.165, 1.54) is 12.5 Å². The summed E-state index contributed by atoms with van der Waals surface area (Å²) in [7, 11) is 1.44. The Hall–Kier alpha value is -1.87. The van der Waals surface area contributed by atoms with Crippen LogP contribution in [0.5, 0.6) is 0 Å². The Kier molecular flexibility index (Phi) is 4.20. The molecule has 3 heteroatoms. The van der Waals surface area contributed by atoms with E-state index in [2.05, 4.69) is 24.3 Å². The maximum Gasteiger partial charge on any atom is 0.315 e. The summed E-state index contributed by atoms with van der Waals surface area (Å²) in [6.07, 6.45) is 3.01. The molecule has 0 unspecified atom stereocenters. The highest BCUT2D eigenvalue weighted by atomic mass is 16.5. The van der Waals surface area contributed by atoms with E-state index in [-0.39, 0.29) is 18.0 Å². The summed E-state index contributed by atoms with van der Waals surface area (Å²) in [5.74, 6) is -0.544. The molecular formula is C18H20O3. The fraction of sp³-hybridized carbons (Fsp3) is 0.389. The van der Waals surface area contributed by atoms with E-state index >= 15 is 0 Å². The van der Waals surface area contributed by atoms with E-state index in [1.54, 1.807) is 0 Å². The summed E-state index contributed by atoms with van der Waals surface area (Å²) in [5.41, 5.74) is 0.979. The Bertz CT molecular complexity index is 629. The molecule has 0 bridgehead atoms. The molecule has 0 saturated carbocycles. The topological polar surface area (TPSA) is 35.5 Å². The zero-order valence-corrected chi connectivity index (χ0v) is 12.2. The van der Waals surface area contributed by atoms with E-state index in [4.69, 9.17) is 9.47 Å². The van der Waals surface area contributed by atoms with Crippen molar-refractivity contribution in [2.45, 2.75) is 31.3 Å². The van der Waals surface area contributed by atoms with Crippen LogP contribution in [0.2, 0.25) is 0 Å². The maximum absolute atomic E-state index is 12.2. The van der Waals surface area contributed by atoms with Gasteiger partial charge in [0.2, 0.25) is 0 Å². The maximum atomic E-state index is 12.2. The molecule has 1 fully saturated rings. The van der Waals surface area contributed by atoms with Crippen molar-refractivity contribution in [3.8, 4) is 0 Å². The zero-order valence-electron chi connectivity index (χ0n) is 12.2. The highest BCUT2D eigenvalue weighted by Crippen LogP contribution is 2.31. The normalized spacial score (nSPS) is 20.1. The SMILES string of the molecule is COC(=O)[C@H](c1ccc2ccccc2c1)[C@H]1CCCCO1. The van der Waals surface area contributed by atoms with Gasteiger partial charge in [-0.25, -0.2) is 0 Å². The Morgan fingerprint density at radius 3 is 2.71 bits per heavy atom. The number of fused-ring (bicyclic) bond motifs is 1. The van der Waals surface area contributed by atoms with Crippen LogP contribution < -0.4 is 0 Å². The number of methoxy groups -OCH3 is 1. The number of rotatable bonds is 3. The molecule has 0 aromatic heterocycles. The van der Waals surface area contributed by atoms with Crippen LogP contribution in [0, 0.1) is 0 Å². The Balaban J connectivity index is 1.98. The average molecular weight is 284 g/mol. The molecule has 0 amide bonds. The van der Waals surface area contributed by atoms with Gasteiger partial charge in [0.05, 0.1) is 13.2 Å². The fourth-order valence-electron chi connectivity index (χ4n) is 3.06. The smallest absolute Gasteiger partial charge is 0.315 e. The standard InChI is InChI=1S/C18H20O3/c1-20-18(19)17(16-8-4-5-11-21-16)15-10-9-13-6-2-3-7-14(13)12-15/h2-3,6-7,9-10,12,16-17H,4-5,8,11H2,1H3/t16-,17-/m1/s1. The van der Waals surface area contributed by atoms with Gasteiger partial charge in [0.1, 0.15) is 5.92 Å². The number of benzene rings is 2. The van der Waals surface area contributed by atoms with Crippen molar-refractivity contribution in [3.63, 3.8) is 0 Å². The molecule has 2 aromatic carbocycles. The third-order valence-corrected chi connectivity index (χ3v) is 4.17. The number of hydrogen-bond donors (Lipinski definition) is 0. The average Bonchev–Trinajstić information content (AvgIpc) is 2.56. The molecule has 21 heavy (non-hydrogen) atoms. The minimum absolute atomic E-state index is 0.0765. The Labute approximate surface area is 124 Å². The van der Waals surface area contributed by atoms with Crippen molar-refractivity contribution in [2.75, 3.05) is 13.7 Å². The van der Waals surface area contributed by atoms with Crippen molar-refractivity contribution >= 4 is 16.7 Å². The third-order valence-electron chi connectivity index (χ3n) is 4.17. The fourth-order valence-corrected chi connectivity index (χ4v) is 3.06. The molecule has 110 valence electrons. The van der Waals surface area contributed by atoms with Gasteiger partial charge >= 0.3 is 5.97 Å². The third kappa shape index (κ3) is 2.93. The van der Waals surface area contributed by atoms with Crippen molar-refractivity contribution in [2.24, 2.45) is 0 Å². The van der Waals surface area contributed by atoms with Crippen LogP contribution in [-0.4, -0.2) is 25.8 Å². The second-order valence-electron chi connectivity index (χ2n) is 5.51. The highest BCUT2D eigenvalue weighted by Gasteiger charge is 2.32. The monoisotopic (exact) mass is 284 g/mol. The van der Waals surface area contributed by atoms with Crippen molar-refractivity contribution in [1.82, 2.24) is 0 Å². The van der Waals surface area contributed by atoms with Gasteiger partial charge < -0.3 is 9.47 Å². The summed E-state index contributed by atoms with van der Waals surface area (Å²) in [6.45, 7) is 0.728. The molecule has 1 heterocycles. The van der Waals surface area contributed by atoms with Crippen molar-refractivity contribution in [1.29, 1.82) is 0 Å². The summed E-state index contributed by atoms with van der Waals surface area (Å²) in [6, 6.07) is 14.3. The summed E-state index contributed by atoms with van der Waals surface area (Å²) < 4.78 is 10.8. The van der Waals surface area contributed by atoms with Gasteiger partial charge in [-0.15, -0.1) is 0 Å². The lowest BCUT2D eigenvalue weighted by atomic mass is 9.88. The summed E-state index contributed by atoms with van der Waals surface area (Å²) in [5, 5.41) is 2.31. The van der Waals surface area contributed by atoms with E-state index < -0.39 is 0 Å². The largest absolute Gasteiger partial charge is 0.468 e. The first-order chi connectivity index (χ1) is 10.3. The summed E-state index contributed by atoms with van der Waals surface area (Å²) >= 11 is 0. The van der Waals surface area contributed by atoms with E-state index in [9.17, 15) is 4.79 Å². The first-order valence-electron chi connectivity index (χ1n) is 7.48. The van der Waals surface area contributed by atoms with E-state index in [0.29, 0.717) is 0 Å². The van der Waals surface area contributed by atoms with Crippen LogP contribution in [0.25, 0.3) is 10.8 Å². The molecule has 1 saturated heterocycles. The van der Waals surface area contributed by atoms with E-state index in [0.717, 1.165) is 36.8 Å². The number of carbonyl (C=O) groups is 1. The van der Waals surface area contributed by atoms with Crippen molar-refractivity contribution in [3.05, 3.63) is 48.0 Å². The molecule has 2 aromatic rings. The molecule has 1 aliphatic heterocycles. The van der Waals surface area contributed by atoms with Gasteiger partial charge in [-0.05, 0) is 35.6 Å². The van der Waals surface area contributed by atoms with Gasteiger partial charge in [-0.2, -0.15) is 0 Å². The number of hydrogen-bond acceptors (Lipinski definition) is 3. The molecule has 0 aliphatic carbocycles.